The zero-order valence-corrected chi connectivity index (χ0v) is 30.0. The monoisotopic (exact) mass is 686 g/mol. The third kappa shape index (κ3) is 5.12. The number of aliphatic carboxylic acids is 1. The zero-order valence-electron chi connectivity index (χ0n) is 29.1. The van der Waals surface area contributed by atoms with Crippen molar-refractivity contribution >= 4 is 16.4 Å². The Balaban J connectivity index is 1.28. The molecule has 0 radical (unpaired) electrons. The molecule has 0 amide bonds. The quantitative estimate of drug-likeness (QED) is 0.202. The third-order valence-electron chi connectivity index (χ3n) is 16.0. The molecular weight excluding hydrogens is 628 g/mol. The summed E-state index contributed by atoms with van der Waals surface area (Å²) in [5.74, 6) is -0.237. The van der Waals surface area contributed by atoms with E-state index in [-0.39, 0.29) is 58.0 Å². The van der Waals surface area contributed by atoms with Crippen LogP contribution < -0.4 is 0 Å². The van der Waals surface area contributed by atoms with E-state index in [1.807, 2.05) is 6.92 Å². The van der Waals surface area contributed by atoms with Crippen LogP contribution in [0.5, 0.6) is 0 Å². The predicted molar refractivity (Wildman–Crippen MR) is 171 cm³/mol. The second-order valence-corrected chi connectivity index (χ2v) is 19.1. The van der Waals surface area contributed by atoms with Gasteiger partial charge in [-0.05, 0) is 116 Å². The van der Waals surface area contributed by atoms with Gasteiger partial charge in [-0.1, -0.05) is 41.5 Å². The molecule has 0 spiro atoms. The van der Waals surface area contributed by atoms with Gasteiger partial charge < -0.3 is 29.9 Å². The van der Waals surface area contributed by atoms with E-state index in [1.165, 1.54) is 0 Å². The summed E-state index contributed by atoms with van der Waals surface area (Å²) in [6, 6.07) is 0. The van der Waals surface area contributed by atoms with E-state index in [0.717, 1.165) is 44.9 Å². The number of aliphatic hydroxyl groups excluding tert-OH is 2. The molecule has 6 rings (SSSR count). The first-order chi connectivity index (χ1) is 21.6. The van der Waals surface area contributed by atoms with Gasteiger partial charge in [0.15, 0.2) is 12.4 Å². The van der Waals surface area contributed by atoms with Crippen LogP contribution in [0.25, 0.3) is 0 Å². The Hall–Kier alpha value is -0.860. The van der Waals surface area contributed by atoms with Crippen molar-refractivity contribution in [3.63, 3.8) is 0 Å². The van der Waals surface area contributed by atoms with Gasteiger partial charge in [0, 0.05) is 5.92 Å². The first-order valence-electron chi connectivity index (χ1n) is 17.8. The molecule has 5 saturated carbocycles. The predicted octanol–water partition coefficient (Wildman–Crippen LogP) is 4.57. The molecule has 0 aromatic rings. The molecule has 0 bridgehead atoms. The molecule has 5 N–H and O–H groups in total. The second-order valence-electron chi connectivity index (χ2n) is 18.0. The first kappa shape index (κ1) is 35.9. The molecule has 0 aromatic carbocycles. The lowest BCUT2D eigenvalue weighted by Gasteiger charge is -2.74. The highest BCUT2D eigenvalue weighted by molar-refractivity contribution is 7.80. The van der Waals surface area contributed by atoms with Crippen LogP contribution in [0.15, 0.2) is 0 Å². The lowest BCUT2D eigenvalue weighted by atomic mass is 9.31. The van der Waals surface area contributed by atoms with Crippen LogP contribution in [0.2, 0.25) is 0 Å². The summed E-state index contributed by atoms with van der Waals surface area (Å²) in [7, 11) is -4.95. The van der Waals surface area contributed by atoms with E-state index >= 15 is 0 Å². The van der Waals surface area contributed by atoms with Crippen molar-refractivity contribution in [2.24, 2.45) is 56.7 Å². The molecule has 15 atom stereocenters. The smallest absolute Gasteiger partial charge is 0.397 e. The molecule has 0 aromatic heterocycles. The van der Waals surface area contributed by atoms with Crippen molar-refractivity contribution in [1.29, 1.82) is 0 Å². The molecule has 5 aliphatic carbocycles. The molecule has 1 saturated heterocycles. The normalized spacial score (nSPS) is 54.4. The van der Waals surface area contributed by atoms with Crippen molar-refractivity contribution in [3.8, 4) is 0 Å². The van der Waals surface area contributed by atoms with Gasteiger partial charge >= 0.3 is 16.4 Å². The van der Waals surface area contributed by atoms with Crippen LogP contribution in [0.4, 0.5) is 0 Å². The number of carbonyl (C=O) groups is 1. The minimum atomic E-state index is -4.95. The summed E-state index contributed by atoms with van der Waals surface area (Å²) in [6.07, 6.45) is 1.83. The van der Waals surface area contributed by atoms with E-state index in [4.69, 9.17) is 13.7 Å². The van der Waals surface area contributed by atoms with Crippen molar-refractivity contribution in [3.05, 3.63) is 0 Å². The van der Waals surface area contributed by atoms with Gasteiger partial charge in [-0.3, -0.25) is 9.35 Å². The average molecular weight is 687 g/mol. The number of carboxylic acid groups (broad SMARTS) is 1. The van der Waals surface area contributed by atoms with Crippen LogP contribution in [-0.4, -0.2) is 82.3 Å². The van der Waals surface area contributed by atoms with Crippen molar-refractivity contribution in [2.75, 3.05) is 6.61 Å². The van der Waals surface area contributed by atoms with Gasteiger partial charge in [-0.15, -0.1) is 0 Å². The lowest BCUT2D eigenvalue weighted by Crippen LogP contribution is -2.71. The summed E-state index contributed by atoms with van der Waals surface area (Å²) in [5, 5.41) is 43.5. The number of rotatable bonds is 5. The standard InChI is InChI=1S/C35H58O11S/c1-19-10-15-35(29(38)39)17-16-32(5)20(27(35)34(19,7)40)8-9-23-31(4)13-12-24(30(2,3)22(31)11-14-33(23,32)6)45-28-26(46-47(41,42)43)25(37)21(36)18-44-28/h19-28,36-37,40H,8-18H2,1-7H3,(H,38,39)(H,41,42,43)/t19-,20?,21+,22?,23?,24?,25+,26-,27?,28+,31+,32-,33-,34-,35?/m1/s1. The van der Waals surface area contributed by atoms with E-state index in [1.54, 1.807) is 0 Å². The van der Waals surface area contributed by atoms with Crippen molar-refractivity contribution in [2.45, 2.75) is 149 Å². The molecule has 1 heterocycles. The summed E-state index contributed by atoms with van der Waals surface area (Å²) in [4.78, 5) is 13.0. The topological polar surface area (TPSA) is 180 Å². The highest BCUT2D eigenvalue weighted by Gasteiger charge is 2.73. The number of fused-ring (bicyclic) bond motifs is 7. The molecule has 270 valence electrons. The van der Waals surface area contributed by atoms with E-state index in [0.29, 0.717) is 25.2 Å². The maximum absolute atomic E-state index is 13.0. The van der Waals surface area contributed by atoms with Gasteiger partial charge in [0.2, 0.25) is 0 Å². The van der Waals surface area contributed by atoms with Gasteiger partial charge in [-0.25, -0.2) is 4.18 Å². The van der Waals surface area contributed by atoms with Crippen molar-refractivity contribution in [1.82, 2.24) is 0 Å². The maximum Gasteiger partial charge on any atom is 0.397 e. The van der Waals surface area contributed by atoms with Crippen LogP contribution in [0.1, 0.15) is 113 Å². The number of aliphatic hydroxyl groups is 3. The third-order valence-corrected chi connectivity index (χ3v) is 16.5. The molecule has 6 aliphatic rings. The summed E-state index contributed by atoms with van der Waals surface area (Å²) in [6.45, 7) is 15.4. The number of hydrogen-bond acceptors (Lipinski definition) is 9. The second kappa shape index (κ2) is 11.3. The van der Waals surface area contributed by atoms with E-state index in [2.05, 4.69) is 41.5 Å². The highest BCUT2D eigenvalue weighted by atomic mass is 32.3. The zero-order chi connectivity index (χ0) is 34.8. The Morgan fingerprint density at radius 3 is 2.17 bits per heavy atom. The largest absolute Gasteiger partial charge is 0.481 e. The van der Waals surface area contributed by atoms with E-state index < -0.39 is 52.0 Å². The van der Waals surface area contributed by atoms with Gasteiger partial charge in [-0.2, -0.15) is 8.42 Å². The number of ether oxygens (including phenoxy) is 2. The molecule has 6 unspecified atom stereocenters. The summed E-state index contributed by atoms with van der Waals surface area (Å²) < 4.78 is 49.4. The summed E-state index contributed by atoms with van der Waals surface area (Å²) >= 11 is 0. The minimum absolute atomic E-state index is 0.0391. The Kier molecular flexibility index (Phi) is 8.66. The maximum atomic E-state index is 13.0. The molecule has 47 heavy (non-hydrogen) atoms. The number of hydrogen-bond donors (Lipinski definition) is 5. The van der Waals surface area contributed by atoms with Gasteiger partial charge in [0.1, 0.15) is 12.2 Å². The molecule has 11 nitrogen and oxygen atoms in total. The average Bonchev–Trinajstić information content (AvgIpc) is 2.95. The van der Waals surface area contributed by atoms with Crippen LogP contribution in [0, 0.1) is 56.7 Å². The Morgan fingerprint density at radius 2 is 1.53 bits per heavy atom. The molecular formula is C35H58O11S. The Morgan fingerprint density at radius 1 is 0.851 bits per heavy atom. The lowest BCUT2D eigenvalue weighted by molar-refractivity contribution is -0.311. The first-order valence-corrected chi connectivity index (χ1v) is 19.2. The van der Waals surface area contributed by atoms with Crippen LogP contribution >= 0.6 is 0 Å². The SMILES string of the molecule is C[C@@H]1CCC2(C(=O)O)CC[C@]3(C)C(CCC4[C@@]5(C)CCC(O[C@@H]6OC[C@H](O)[C@H](O)[C@H]6OS(=O)(=O)O)C(C)(C)C5CC[C@]43C)C2[C@]1(C)O. The van der Waals surface area contributed by atoms with Crippen LogP contribution in [-0.2, 0) is 28.9 Å². The Labute approximate surface area is 280 Å². The molecule has 6 fully saturated rings. The molecule has 12 heteroatoms. The highest BCUT2D eigenvalue weighted by Crippen LogP contribution is 2.77. The summed E-state index contributed by atoms with van der Waals surface area (Å²) in [5.41, 5.74) is -2.52. The minimum Gasteiger partial charge on any atom is -0.481 e. The van der Waals surface area contributed by atoms with Crippen LogP contribution in [0.3, 0.4) is 0 Å². The fourth-order valence-electron chi connectivity index (χ4n) is 13.2. The Bertz CT molecular complexity index is 1350. The van der Waals surface area contributed by atoms with Crippen molar-refractivity contribution < 1.29 is 51.8 Å². The van der Waals surface area contributed by atoms with Gasteiger partial charge in [0.05, 0.1) is 23.7 Å². The number of carboxylic acids is 1. The molecule has 1 aliphatic heterocycles. The fourth-order valence-corrected chi connectivity index (χ4v) is 13.7. The van der Waals surface area contributed by atoms with E-state index in [9.17, 15) is 38.2 Å². The van der Waals surface area contributed by atoms with Gasteiger partial charge in [0.25, 0.3) is 0 Å². The fraction of sp³-hybridized carbons (Fsp3) is 0.971.